The summed E-state index contributed by atoms with van der Waals surface area (Å²) in [6.07, 6.45) is 1.58. The van der Waals surface area contributed by atoms with Crippen molar-refractivity contribution in [3.63, 3.8) is 0 Å². The first-order valence-corrected chi connectivity index (χ1v) is 6.89. The molecule has 0 amide bonds. The van der Waals surface area contributed by atoms with E-state index in [0.717, 1.165) is 11.1 Å². The molecule has 7 heteroatoms. The number of fused-ring (bicyclic) bond motifs is 1. The standard InChI is InChI=1S/C16H14N4O3/c1-9-5-6-10(2)11(8-9)18-19-15-13(16(22)23)17-14-12(21)4-3-7-20(14)15/h3-8,21H,1-2H3,(H,22,23). The maximum atomic E-state index is 11.4. The summed E-state index contributed by atoms with van der Waals surface area (Å²) < 4.78 is 1.40. The minimum absolute atomic E-state index is 0.0595. The van der Waals surface area contributed by atoms with Crippen LogP contribution in [-0.4, -0.2) is 25.6 Å². The van der Waals surface area contributed by atoms with E-state index in [1.54, 1.807) is 12.3 Å². The van der Waals surface area contributed by atoms with Gasteiger partial charge in [-0.2, -0.15) is 0 Å². The Morgan fingerprint density at radius 2 is 2.00 bits per heavy atom. The number of hydrogen-bond donors (Lipinski definition) is 2. The number of aryl methyl sites for hydroxylation is 2. The molecule has 3 rings (SSSR count). The number of pyridine rings is 1. The van der Waals surface area contributed by atoms with Gasteiger partial charge in [0, 0.05) is 6.20 Å². The highest BCUT2D eigenvalue weighted by molar-refractivity contribution is 5.92. The van der Waals surface area contributed by atoms with E-state index in [4.69, 9.17) is 0 Å². The van der Waals surface area contributed by atoms with Gasteiger partial charge in [0.15, 0.2) is 22.9 Å². The van der Waals surface area contributed by atoms with Crippen LogP contribution in [0.1, 0.15) is 21.6 Å². The van der Waals surface area contributed by atoms with Crippen LogP contribution < -0.4 is 0 Å². The molecule has 0 saturated carbocycles. The Labute approximate surface area is 131 Å². The zero-order valence-electron chi connectivity index (χ0n) is 12.6. The number of nitrogens with zero attached hydrogens (tertiary/aromatic N) is 4. The summed E-state index contributed by atoms with van der Waals surface area (Å²) in [6.45, 7) is 3.83. The summed E-state index contributed by atoms with van der Waals surface area (Å²) in [4.78, 5) is 15.3. The summed E-state index contributed by atoms with van der Waals surface area (Å²) >= 11 is 0. The Morgan fingerprint density at radius 3 is 2.74 bits per heavy atom. The SMILES string of the molecule is Cc1ccc(C)c(N=Nc2c(C(=O)O)nc3c(O)cccn23)c1. The minimum Gasteiger partial charge on any atom is -0.504 e. The maximum Gasteiger partial charge on any atom is 0.358 e. The predicted molar refractivity (Wildman–Crippen MR) is 83.9 cm³/mol. The van der Waals surface area contributed by atoms with E-state index in [0.29, 0.717) is 5.69 Å². The van der Waals surface area contributed by atoms with Crippen LogP contribution in [0, 0.1) is 13.8 Å². The highest BCUT2D eigenvalue weighted by Crippen LogP contribution is 2.29. The highest BCUT2D eigenvalue weighted by atomic mass is 16.4. The van der Waals surface area contributed by atoms with Crippen molar-refractivity contribution in [1.29, 1.82) is 0 Å². The van der Waals surface area contributed by atoms with Crippen molar-refractivity contribution in [2.24, 2.45) is 10.2 Å². The van der Waals surface area contributed by atoms with Gasteiger partial charge < -0.3 is 10.2 Å². The number of aromatic hydroxyl groups is 1. The van der Waals surface area contributed by atoms with Crippen molar-refractivity contribution in [2.45, 2.75) is 13.8 Å². The van der Waals surface area contributed by atoms with E-state index >= 15 is 0 Å². The molecule has 116 valence electrons. The maximum absolute atomic E-state index is 11.4. The lowest BCUT2D eigenvalue weighted by Crippen LogP contribution is -1.96. The molecule has 0 fully saturated rings. The molecule has 23 heavy (non-hydrogen) atoms. The molecule has 0 atom stereocenters. The van der Waals surface area contributed by atoms with E-state index in [1.165, 1.54) is 10.5 Å². The Hall–Kier alpha value is -3.22. The summed E-state index contributed by atoms with van der Waals surface area (Å²) in [5.41, 5.74) is 2.46. The van der Waals surface area contributed by atoms with Crippen LogP contribution in [0.4, 0.5) is 11.5 Å². The third kappa shape index (κ3) is 2.64. The van der Waals surface area contributed by atoms with Crippen molar-refractivity contribution in [1.82, 2.24) is 9.38 Å². The lowest BCUT2D eigenvalue weighted by molar-refractivity contribution is 0.0692. The van der Waals surface area contributed by atoms with Gasteiger partial charge in [-0.1, -0.05) is 12.1 Å². The zero-order valence-corrected chi connectivity index (χ0v) is 12.6. The number of imidazole rings is 1. The average Bonchev–Trinajstić information content (AvgIpc) is 2.89. The van der Waals surface area contributed by atoms with Crippen molar-refractivity contribution < 1.29 is 15.0 Å². The molecule has 0 aliphatic heterocycles. The van der Waals surface area contributed by atoms with Crippen LogP contribution in [0.2, 0.25) is 0 Å². The number of azo groups is 1. The van der Waals surface area contributed by atoms with Crippen LogP contribution >= 0.6 is 0 Å². The Kier molecular flexibility index (Phi) is 3.53. The van der Waals surface area contributed by atoms with Crippen molar-refractivity contribution >= 4 is 23.1 Å². The second kappa shape index (κ2) is 5.53. The summed E-state index contributed by atoms with van der Waals surface area (Å²) in [6, 6.07) is 8.75. The van der Waals surface area contributed by atoms with Gasteiger partial charge in [-0.25, -0.2) is 9.78 Å². The van der Waals surface area contributed by atoms with Crippen molar-refractivity contribution in [3.8, 4) is 5.75 Å². The first kappa shape index (κ1) is 14.7. The van der Waals surface area contributed by atoms with Gasteiger partial charge in [0.25, 0.3) is 0 Å². The second-order valence-corrected chi connectivity index (χ2v) is 5.17. The van der Waals surface area contributed by atoms with Crippen LogP contribution in [0.25, 0.3) is 5.65 Å². The summed E-state index contributed by atoms with van der Waals surface area (Å²) in [5, 5.41) is 27.3. The number of hydrogen-bond acceptors (Lipinski definition) is 5. The van der Waals surface area contributed by atoms with Crippen LogP contribution in [0.15, 0.2) is 46.8 Å². The van der Waals surface area contributed by atoms with Gasteiger partial charge in [-0.15, -0.1) is 10.2 Å². The van der Waals surface area contributed by atoms with Gasteiger partial charge in [0.05, 0.1) is 5.69 Å². The lowest BCUT2D eigenvalue weighted by Gasteiger charge is -2.01. The fourth-order valence-corrected chi connectivity index (χ4v) is 2.21. The largest absolute Gasteiger partial charge is 0.504 e. The van der Waals surface area contributed by atoms with E-state index in [-0.39, 0.29) is 22.9 Å². The smallest absolute Gasteiger partial charge is 0.358 e. The quantitative estimate of drug-likeness (QED) is 0.719. The number of aromatic nitrogens is 2. The number of rotatable bonds is 3. The van der Waals surface area contributed by atoms with Crippen LogP contribution in [-0.2, 0) is 0 Å². The number of aromatic carboxylic acids is 1. The number of carbonyl (C=O) groups is 1. The van der Waals surface area contributed by atoms with E-state index in [2.05, 4.69) is 15.2 Å². The zero-order chi connectivity index (χ0) is 16.6. The Morgan fingerprint density at radius 1 is 1.22 bits per heavy atom. The van der Waals surface area contributed by atoms with Gasteiger partial charge in [0.1, 0.15) is 0 Å². The van der Waals surface area contributed by atoms with E-state index < -0.39 is 5.97 Å². The molecule has 0 bridgehead atoms. The summed E-state index contributed by atoms with van der Waals surface area (Å²) in [7, 11) is 0. The van der Waals surface area contributed by atoms with Gasteiger partial charge in [-0.3, -0.25) is 4.40 Å². The molecular formula is C16H14N4O3. The molecule has 2 aromatic heterocycles. The molecule has 0 radical (unpaired) electrons. The second-order valence-electron chi connectivity index (χ2n) is 5.17. The number of carboxylic acids is 1. The molecule has 3 aromatic rings. The molecular weight excluding hydrogens is 296 g/mol. The van der Waals surface area contributed by atoms with Gasteiger partial charge in [0.2, 0.25) is 0 Å². The van der Waals surface area contributed by atoms with Gasteiger partial charge >= 0.3 is 5.97 Å². The average molecular weight is 310 g/mol. The highest BCUT2D eigenvalue weighted by Gasteiger charge is 2.20. The number of benzene rings is 1. The molecule has 7 nitrogen and oxygen atoms in total. The number of carboxylic acid groups (broad SMARTS) is 1. The Balaban J connectivity index is 2.17. The molecule has 0 unspecified atom stereocenters. The first-order valence-electron chi connectivity index (χ1n) is 6.89. The third-order valence-corrected chi connectivity index (χ3v) is 3.42. The molecule has 0 saturated heterocycles. The predicted octanol–water partition coefficient (Wildman–Crippen LogP) is 3.77. The van der Waals surface area contributed by atoms with E-state index in [9.17, 15) is 15.0 Å². The van der Waals surface area contributed by atoms with Gasteiger partial charge in [-0.05, 0) is 43.2 Å². The van der Waals surface area contributed by atoms with E-state index in [1.807, 2.05) is 32.0 Å². The van der Waals surface area contributed by atoms with Crippen LogP contribution in [0.3, 0.4) is 0 Å². The minimum atomic E-state index is -1.23. The fraction of sp³-hybridized carbons (Fsp3) is 0.125. The van der Waals surface area contributed by atoms with Crippen molar-refractivity contribution in [3.05, 3.63) is 53.3 Å². The molecule has 0 spiro atoms. The molecule has 1 aromatic carbocycles. The topological polar surface area (TPSA) is 99.5 Å². The fourth-order valence-electron chi connectivity index (χ4n) is 2.21. The first-order chi connectivity index (χ1) is 11.0. The summed E-state index contributed by atoms with van der Waals surface area (Å²) in [5.74, 6) is -1.30. The molecule has 0 aliphatic rings. The molecule has 2 heterocycles. The van der Waals surface area contributed by atoms with Crippen LogP contribution in [0.5, 0.6) is 5.75 Å². The molecule has 2 N–H and O–H groups in total. The third-order valence-electron chi connectivity index (χ3n) is 3.42. The molecule has 0 aliphatic carbocycles. The van der Waals surface area contributed by atoms with Crippen molar-refractivity contribution in [2.75, 3.05) is 0 Å². The monoisotopic (exact) mass is 310 g/mol. The lowest BCUT2D eigenvalue weighted by atomic mass is 10.1. The normalized spacial score (nSPS) is 11.4. The Bertz CT molecular complexity index is 944.